The summed E-state index contributed by atoms with van der Waals surface area (Å²) in [6.45, 7) is 2.41. The van der Waals surface area contributed by atoms with Crippen molar-refractivity contribution < 1.29 is 4.79 Å². The zero-order valence-electron chi connectivity index (χ0n) is 11.0. The molecular formula is C15H16N2O2. The zero-order valence-corrected chi connectivity index (χ0v) is 11.0. The summed E-state index contributed by atoms with van der Waals surface area (Å²) in [6, 6.07) is 11.1. The van der Waals surface area contributed by atoms with Crippen LogP contribution in [0, 0.1) is 6.92 Å². The van der Waals surface area contributed by atoms with Crippen molar-refractivity contribution in [3.05, 3.63) is 69.6 Å². The van der Waals surface area contributed by atoms with E-state index < -0.39 is 0 Å². The van der Waals surface area contributed by atoms with E-state index in [0.717, 1.165) is 11.1 Å². The highest BCUT2D eigenvalue weighted by Gasteiger charge is 2.10. The molecule has 0 radical (unpaired) electrons. The smallest absolute Gasteiger partial charge is 0.263 e. The van der Waals surface area contributed by atoms with E-state index in [0.29, 0.717) is 6.54 Å². The number of aryl methyl sites for hydroxylation is 2. The monoisotopic (exact) mass is 256 g/mol. The van der Waals surface area contributed by atoms with Gasteiger partial charge in [0, 0.05) is 19.8 Å². The molecule has 1 aromatic carbocycles. The number of hydrogen-bond donors (Lipinski definition) is 1. The Kier molecular flexibility index (Phi) is 3.80. The molecule has 0 unspecified atom stereocenters. The standard InChI is InChI=1S/C15H16N2O2/c1-11-5-3-6-12(9-11)10-16-14(18)13-7-4-8-17(2)15(13)19/h3-9H,10H2,1-2H3,(H,16,18). The van der Waals surface area contributed by atoms with Crippen molar-refractivity contribution in [3.63, 3.8) is 0 Å². The van der Waals surface area contributed by atoms with Crippen LogP contribution < -0.4 is 10.9 Å². The number of pyridine rings is 1. The molecule has 1 amide bonds. The summed E-state index contributed by atoms with van der Waals surface area (Å²) in [5.74, 6) is -0.345. The molecule has 98 valence electrons. The number of amides is 1. The van der Waals surface area contributed by atoms with Crippen molar-refractivity contribution >= 4 is 5.91 Å². The fraction of sp³-hybridized carbons (Fsp3) is 0.200. The molecular weight excluding hydrogens is 240 g/mol. The van der Waals surface area contributed by atoms with Crippen molar-refractivity contribution in [1.82, 2.24) is 9.88 Å². The van der Waals surface area contributed by atoms with E-state index in [4.69, 9.17) is 0 Å². The molecule has 0 aliphatic heterocycles. The second kappa shape index (κ2) is 5.52. The fourth-order valence-electron chi connectivity index (χ4n) is 1.87. The largest absolute Gasteiger partial charge is 0.348 e. The minimum atomic E-state index is -0.345. The number of carbonyl (C=O) groups is 1. The number of aromatic nitrogens is 1. The van der Waals surface area contributed by atoms with Crippen LogP contribution >= 0.6 is 0 Å². The van der Waals surface area contributed by atoms with Gasteiger partial charge < -0.3 is 9.88 Å². The molecule has 2 rings (SSSR count). The lowest BCUT2D eigenvalue weighted by atomic mass is 10.1. The van der Waals surface area contributed by atoms with Gasteiger partial charge in [0.1, 0.15) is 5.56 Å². The SMILES string of the molecule is Cc1cccc(CNC(=O)c2cccn(C)c2=O)c1. The first-order valence-electron chi connectivity index (χ1n) is 6.07. The van der Waals surface area contributed by atoms with Gasteiger partial charge in [0.05, 0.1) is 0 Å². The minimum Gasteiger partial charge on any atom is -0.348 e. The Morgan fingerprint density at radius 1 is 1.26 bits per heavy atom. The predicted octanol–water partition coefficient (Wildman–Crippen LogP) is 1.62. The number of hydrogen-bond acceptors (Lipinski definition) is 2. The van der Waals surface area contributed by atoms with Crippen LogP contribution in [0.15, 0.2) is 47.4 Å². The number of nitrogens with zero attached hydrogens (tertiary/aromatic N) is 1. The molecule has 4 heteroatoms. The maximum absolute atomic E-state index is 12.0. The minimum absolute atomic E-state index is 0.164. The fourth-order valence-corrected chi connectivity index (χ4v) is 1.87. The highest BCUT2D eigenvalue weighted by molar-refractivity contribution is 5.93. The van der Waals surface area contributed by atoms with Gasteiger partial charge in [-0.3, -0.25) is 9.59 Å². The van der Waals surface area contributed by atoms with Gasteiger partial charge in [-0.2, -0.15) is 0 Å². The van der Waals surface area contributed by atoms with Crippen molar-refractivity contribution in [3.8, 4) is 0 Å². The molecule has 1 aromatic heterocycles. The number of carbonyl (C=O) groups excluding carboxylic acids is 1. The van der Waals surface area contributed by atoms with Gasteiger partial charge >= 0.3 is 0 Å². The Labute approximate surface area is 111 Å². The Morgan fingerprint density at radius 2 is 2.05 bits per heavy atom. The van der Waals surface area contributed by atoms with Crippen LogP contribution in [0.3, 0.4) is 0 Å². The molecule has 1 heterocycles. The van der Waals surface area contributed by atoms with Crippen LogP contribution in [-0.4, -0.2) is 10.5 Å². The van der Waals surface area contributed by atoms with Crippen LogP contribution in [0.25, 0.3) is 0 Å². The maximum Gasteiger partial charge on any atom is 0.263 e. The maximum atomic E-state index is 12.0. The van der Waals surface area contributed by atoms with Gasteiger partial charge in [0.15, 0.2) is 0 Å². The molecule has 0 bridgehead atoms. The Balaban J connectivity index is 2.10. The quantitative estimate of drug-likeness (QED) is 0.907. The first kappa shape index (κ1) is 13.1. The second-order valence-electron chi connectivity index (χ2n) is 4.51. The predicted molar refractivity (Wildman–Crippen MR) is 74.0 cm³/mol. The lowest BCUT2D eigenvalue weighted by Crippen LogP contribution is -2.31. The van der Waals surface area contributed by atoms with Crippen molar-refractivity contribution in [2.75, 3.05) is 0 Å². The first-order chi connectivity index (χ1) is 9.08. The lowest BCUT2D eigenvalue weighted by Gasteiger charge is -2.06. The Morgan fingerprint density at radius 3 is 2.79 bits per heavy atom. The van der Waals surface area contributed by atoms with Crippen molar-refractivity contribution in [2.45, 2.75) is 13.5 Å². The van der Waals surface area contributed by atoms with Crippen LogP contribution in [0.2, 0.25) is 0 Å². The van der Waals surface area contributed by atoms with E-state index >= 15 is 0 Å². The van der Waals surface area contributed by atoms with Gasteiger partial charge in [-0.05, 0) is 24.6 Å². The summed E-state index contributed by atoms with van der Waals surface area (Å²) in [5, 5.41) is 2.76. The third kappa shape index (κ3) is 3.10. The molecule has 0 saturated carbocycles. The highest BCUT2D eigenvalue weighted by Crippen LogP contribution is 2.03. The number of rotatable bonds is 3. The highest BCUT2D eigenvalue weighted by atomic mass is 16.2. The third-order valence-corrected chi connectivity index (χ3v) is 2.90. The summed E-state index contributed by atoms with van der Waals surface area (Å²) in [5.41, 5.74) is 2.03. The van der Waals surface area contributed by atoms with E-state index in [1.165, 1.54) is 10.6 Å². The summed E-state index contributed by atoms with van der Waals surface area (Å²) < 4.78 is 1.39. The second-order valence-corrected chi connectivity index (χ2v) is 4.51. The molecule has 0 spiro atoms. The van der Waals surface area contributed by atoms with Crippen molar-refractivity contribution in [2.24, 2.45) is 7.05 Å². The normalized spacial score (nSPS) is 10.2. The molecule has 0 atom stereocenters. The zero-order chi connectivity index (χ0) is 13.8. The topological polar surface area (TPSA) is 51.1 Å². The summed E-state index contributed by atoms with van der Waals surface area (Å²) in [4.78, 5) is 23.7. The van der Waals surface area contributed by atoms with Gasteiger partial charge in [-0.25, -0.2) is 0 Å². The molecule has 19 heavy (non-hydrogen) atoms. The van der Waals surface area contributed by atoms with Crippen LogP contribution in [0.5, 0.6) is 0 Å². The van der Waals surface area contributed by atoms with Gasteiger partial charge in [-0.15, -0.1) is 0 Å². The van der Waals surface area contributed by atoms with Crippen molar-refractivity contribution in [1.29, 1.82) is 0 Å². The average molecular weight is 256 g/mol. The number of nitrogens with one attached hydrogen (secondary N) is 1. The van der Waals surface area contributed by atoms with Gasteiger partial charge in [-0.1, -0.05) is 29.8 Å². The van der Waals surface area contributed by atoms with Gasteiger partial charge in [0.2, 0.25) is 0 Å². The average Bonchev–Trinajstić information content (AvgIpc) is 2.39. The van der Waals surface area contributed by atoms with Crippen LogP contribution in [0.4, 0.5) is 0 Å². The third-order valence-electron chi connectivity index (χ3n) is 2.90. The molecule has 0 saturated heterocycles. The van der Waals surface area contributed by atoms with Crippen LogP contribution in [-0.2, 0) is 13.6 Å². The van der Waals surface area contributed by atoms with E-state index in [1.54, 1.807) is 19.3 Å². The van der Waals surface area contributed by atoms with E-state index in [1.807, 2.05) is 31.2 Å². The molecule has 0 fully saturated rings. The van der Waals surface area contributed by atoms with E-state index in [2.05, 4.69) is 5.32 Å². The summed E-state index contributed by atoms with van der Waals surface area (Å²) >= 11 is 0. The molecule has 0 aliphatic rings. The molecule has 4 nitrogen and oxygen atoms in total. The lowest BCUT2D eigenvalue weighted by molar-refractivity contribution is 0.0949. The summed E-state index contributed by atoms with van der Waals surface area (Å²) in [7, 11) is 1.62. The van der Waals surface area contributed by atoms with Gasteiger partial charge in [0.25, 0.3) is 11.5 Å². The summed E-state index contributed by atoms with van der Waals surface area (Å²) in [6.07, 6.45) is 1.62. The number of benzene rings is 1. The van der Waals surface area contributed by atoms with E-state index in [9.17, 15) is 9.59 Å². The van der Waals surface area contributed by atoms with E-state index in [-0.39, 0.29) is 17.0 Å². The van der Waals surface area contributed by atoms with Crippen LogP contribution in [0.1, 0.15) is 21.5 Å². The molecule has 0 aliphatic carbocycles. The molecule has 1 N–H and O–H groups in total. The Bertz CT molecular complexity index is 659. The Hall–Kier alpha value is -2.36. The first-order valence-corrected chi connectivity index (χ1v) is 6.07. The molecule has 2 aromatic rings.